The highest BCUT2D eigenvalue weighted by Gasteiger charge is 2.16. The molecule has 1 N–H and O–H groups in total. The lowest BCUT2D eigenvalue weighted by Crippen LogP contribution is -2.10. The maximum Gasteiger partial charge on any atom is 0.346 e. The molecule has 0 unspecified atom stereocenters. The van der Waals surface area contributed by atoms with Crippen molar-refractivity contribution in [2.24, 2.45) is 0 Å². The lowest BCUT2D eigenvalue weighted by Gasteiger charge is -2.27. The Labute approximate surface area is 280 Å². The Morgan fingerprint density at radius 1 is 0.667 bits per heavy atom. The molecule has 0 aliphatic carbocycles. The van der Waals surface area contributed by atoms with Crippen molar-refractivity contribution in [3.8, 4) is 6.07 Å². The molecule has 4 heteroatoms. The average Bonchev–Trinajstić information content (AvgIpc) is 3.12. The zero-order valence-electron chi connectivity index (χ0n) is 26.7. The fourth-order valence-corrected chi connectivity index (χ4v) is 6.44. The van der Waals surface area contributed by atoms with Gasteiger partial charge < -0.3 is 10.0 Å². The summed E-state index contributed by atoms with van der Waals surface area (Å²) in [7, 11) is 0. The van der Waals surface area contributed by atoms with Gasteiger partial charge in [0.2, 0.25) is 0 Å². The van der Waals surface area contributed by atoms with Crippen LogP contribution in [0.2, 0.25) is 0 Å². The van der Waals surface area contributed by atoms with E-state index in [-0.39, 0.29) is 5.57 Å². The van der Waals surface area contributed by atoms with E-state index in [2.05, 4.69) is 121 Å². The van der Waals surface area contributed by atoms with Gasteiger partial charge in [0.15, 0.2) is 0 Å². The van der Waals surface area contributed by atoms with E-state index < -0.39 is 5.97 Å². The van der Waals surface area contributed by atoms with Crippen molar-refractivity contribution < 1.29 is 9.90 Å². The molecular formula is C44H34N2O2. The molecule has 0 bridgehead atoms. The maximum absolute atomic E-state index is 11.2. The van der Waals surface area contributed by atoms with Gasteiger partial charge in [-0.2, -0.15) is 5.26 Å². The highest BCUT2D eigenvalue weighted by molar-refractivity contribution is 6.23. The zero-order chi connectivity index (χ0) is 33.0. The quantitative estimate of drug-likeness (QED) is 0.0713. The summed E-state index contributed by atoms with van der Waals surface area (Å²) >= 11 is 0. The molecule has 232 valence electrons. The summed E-state index contributed by atoms with van der Waals surface area (Å²) in [6.07, 6.45) is 8.91. The average molecular weight is 623 g/mol. The Morgan fingerprint density at radius 2 is 1.17 bits per heavy atom. The third kappa shape index (κ3) is 6.15. The number of carboxylic acid groups (broad SMARTS) is 1. The number of hydrogen-bond donors (Lipinski definition) is 1. The monoisotopic (exact) mass is 622 g/mol. The molecule has 0 radical (unpaired) electrons. The van der Waals surface area contributed by atoms with Crippen molar-refractivity contribution in [3.63, 3.8) is 0 Å². The smallest absolute Gasteiger partial charge is 0.346 e. The van der Waals surface area contributed by atoms with Crippen LogP contribution < -0.4 is 4.90 Å². The van der Waals surface area contributed by atoms with Gasteiger partial charge in [0.1, 0.15) is 11.6 Å². The molecule has 7 rings (SSSR count). The van der Waals surface area contributed by atoms with Gasteiger partial charge >= 0.3 is 5.97 Å². The molecule has 0 heterocycles. The molecule has 7 aromatic carbocycles. The van der Waals surface area contributed by atoms with Crippen molar-refractivity contribution in [1.29, 1.82) is 5.26 Å². The summed E-state index contributed by atoms with van der Waals surface area (Å²) in [5.74, 6) is -1.23. The minimum atomic E-state index is -1.23. The van der Waals surface area contributed by atoms with E-state index in [1.165, 1.54) is 56.8 Å². The van der Waals surface area contributed by atoms with Crippen LogP contribution in [-0.2, 0) is 11.2 Å². The van der Waals surface area contributed by atoms with Gasteiger partial charge in [-0.15, -0.1) is 0 Å². The Bertz CT molecular complexity index is 2280. The molecule has 0 saturated carbocycles. The first-order valence-electron chi connectivity index (χ1n) is 16.3. The minimum Gasteiger partial charge on any atom is -0.477 e. The van der Waals surface area contributed by atoms with Crippen molar-refractivity contribution in [1.82, 2.24) is 0 Å². The second-order valence-electron chi connectivity index (χ2n) is 12.1. The number of aliphatic carboxylic acids is 1. The normalized spacial score (nSPS) is 11.9. The fourth-order valence-electron chi connectivity index (χ4n) is 6.44. The van der Waals surface area contributed by atoms with E-state index in [9.17, 15) is 4.79 Å². The van der Waals surface area contributed by atoms with Crippen LogP contribution in [0.3, 0.4) is 0 Å². The summed E-state index contributed by atoms with van der Waals surface area (Å²) in [4.78, 5) is 13.5. The predicted octanol–water partition coefficient (Wildman–Crippen LogP) is 11.6. The van der Waals surface area contributed by atoms with Crippen LogP contribution in [0.15, 0.2) is 133 Å². The number of unbranched alkanes of at least 4 members (excludes halogenated alkanes) is 1. The Hall–Kier alpha value is -6.18. The number of nitrogens with zero attached hydrogens (tertiary/aromatic N) is 2. The first kappa shape index (κ1) is 30.5. The standard InChI is InChI=1S/C44H34N2O2/c1-2-3-5-30-14-22-39(23-15-30)46(41-27-36-20-18-34-6-4-7-35-19-21-37(28-41)43(36)42(34)35)40-24-16-32(17-25-40)9-8-31-10-12-33(13-11-31)26-38(29-45)44(47)48/h4,6-28H,2-3,5H2,1H3,(H,47,48)/b9-8+,38-26-. The van der Waals surface area contributed by atoms with Crippen molar-refractivity contribution in [2.45, 2.75) is 26.2 Å². The topological polar surface area (TPSA) is 64.3 Å². The molecule has 0 spiro atoms. The van der Waals surface area contributed by atoms with Gasteiger partial charge in [-0.25, -0.2) is 4.79 Å². The van der Waals surface area contributed by atoms with E-state index in [1.807, 2.05) is 30.3 Å². The molecule has 0 amide bonds. The van der Waals surface area contributed by atoms with E-state index in [4.69, 9.17) is 10.4 Å². The number of carbonyl (C=O) groups is 1. The highest BCUT2D eigenvalue weighted by atomic mass is 16.4. The van der Waals surface area contributed by atoms with E-state index in [0.29, 0.717) is 5.56 Å². The maximum atomic E-state index is 11.2. The van der Waals surface area contributed by atoms with Crippen LogP contribution in [0.4, 0.5) is 17.1 Å². The van der Waals surface area contributed by atoms with Gasteiger partial charge in [0, 0.05) is 17.1 Å². The number of anilines is 3. The molecule has 0 aliphatic rings. The Morgan fingerprint density at radius 3 is 1.71 bits per heavy atom. The minimum absolute atomic E-state index is 0.290. The van der Waals surface area contributed by atoms with Crippen molar-refractivity contribution >= 4 is 73.6 Å². The number of aryl methyl sites for hydroxylation is 1. The number of nitriles is 1. The van der Waals surface area contributed by atoms with Crippen molar-refractivity contribution in [2.75, 3.05) is 4.90 Å². The van der Waals surface area contributed by atoms with Crippen molar-refractivity contribution in [3.05, 3.63) is 155 Å². The van der Waals surface area contributed by atoms with Crippen LogP contribution in [0.1, 0.15) is 42.0 Å². The summed E-state index contributed by atoms with van der Waals surface area (Å²) in [6, 6.07) is 46.8. The molecular weight excluding hydrogens is 588 g/mol. The van der Waals surface area contributed by atoms with Crippen LogP contribution >= 0.6 is 0 Å². The van der Waals surface area contributed by atoms with E-state index >= 15 is 0 Å². The van der Waals surface area contributed by atoms with Crippen LogP contribution in [0, 0.1) is 11.3 Å². The summed E-state index contributed by atoms with van der Waals surface area (Å²) in [5, 5.41) is 25.8. The van der Waals surface area contributed by atoms with Crippen LogP contribution in [0.25, 0.3) is 50.5 Å². The van der Waals surface area contributed by atoms with Crippen LogP contribution in [0.5, 0.6) is 0 Å². The number of carboxylic acids is 1. The second kappa shape index (κ2) is 13.3. The summed E-state index contributed by atoms with van der Waals surface area (Å²) in [6.45, 7) is 2.23. The Kier molecular flexibility index (Phi) is 8.43. The predicted molar refractivity (Wildman–Crippen MR) is 200 cm³/mol. The first-order valence-corrected chi connectivity index (χ1v) is 16.3. The zero-order valence-corrected chi connectivity index (χ0v) is 26.7. The third-order valence-corrected chi connectivity index (χ3v) is 8.94. The second-order valence-corrected chi connectivity index (χ2v) is 12.1. The summed E-state index contributed by atoms with van der Waals surface area (Å²) < 4.78 is 0. The van der Waals surface area contributed by atoms with Gasteiger partial charge in [-0.3, -0.25) is 0 Å². The molecule has 0 saturated heterocycles. The number of hydrogen-bond acceptors (Lipinski definition) is 3. The molecule has 0 aliphatic heterocycles. The SMILES string of the molecule is CCCCc1ccc(N(c2ccc(/C=C/c3ccc(/C=C(/C#N)C(=O)O)cc3)cc2)c2cc3ccc4cccc5ccc(c2)c3c45)cc1. The van der Waals surface area contributed by atoms with Gasteiger partial charge in [0.05, 0.1) is 0 Å². The third-order valence-electron chi connectivity index (χ3n) is 8.94. The Balaban J connectivity index is 1.23. The molecule has 4 nitrogen and oxygen atoms in total. The fraction of sp³-hybridized carbons (Fsp3) is 0.0909. The highest BCUT2D eigenvalue weighted by Crippen LogP contribution is 2.41. The van der Waals surface area contributed by atoms with Gasteiger partial charge in [-0.1, -0.05) is 116 Å². The van der Waals surface area contributed by atoms with Crippen LogP contribution in [-0.4, -0.2) is 11.1 Å². The van der Waals surface area contributed by atoms with Gasteiger partial charge in [0.25, 0.3) is 0 Å². The van der Waals surface area contributed by atoms with E-state index in [0.717, 1.165) is 34.6 Å². The molecule has 0 atom stereocenters. The molecule has 48 heavy (non-hydrogen) atoms. The van der Waals surface area contributed by atoms with E-state index in [1.54, 1.807) is 6.07 Å². The lowest BCUT2D eigenvalue weighted by molar-refractivity contribution is -0.132. The lowest BCUT2D eigenvalue weighted by atomic mass is 9.93. The largest absolute Gasteiger partial charge is 0.477 e. The number of rotatable bonds is 10. The molecule has 7 aromatic rings. The summed E-state index contributed by atoms with van der Waals surface area (Å²) in [5.41, 5.74) is 7.07. The molecule has 0 fully saturated rings. The van der Waals surface area contributed by atoms with Gasteiger partial charge in [-0.05, 0) is 110 Å². The first-order chi connectivity index (χ1) is 23.5. The number of benzene rings is 7. The molecule has 0 aromatic heterocycles.